The third kappa shape index (κ3) is 3.66. The molecular weight excluding hydrogens is 366 g/mol. The Bertz CT molecular complexity index is 926. The minimum absolute atomic E-state index is 0.141. The van der Waals surface area contributed by atoms with Gasteiger partial charge < -0.3 is 19.4 Å². The van der Waals surface area contributed by atoms with Crippen LogP contribution in [0.3, 0.4) is 0 Å². The topological polar surface area (TPSA) is 82.5 Å². The molecule has 1 aromatic carbocycles. The highest BCUT2D eigenvalue weighted by molar-refractivity contribution is 7.99. The van der Waals surface area contributed by atoms with E-state index in [1.54, 1.807) is 30.9 Å². The lowest BCUT2D eigenvalue weighted by atomic mass is 9.86. The van der Waals surface area contributed by atoms with Gasteiger partial charge in [0.05, 0.1) is 19.8 Å². The molecule has 144 valence electrons. The summed E-state index contributed by atoms with van der Waals surface area (Å²) in [5, 5.41) is 3.45. The molecule has 7 nitrogen and oxygen atoms in total. The Morgan fingerprint density at radius 2 is 2.07 bits per heavy atom. The number of rotatable bonds is 6. The standard InChI is InChI=1S/C19H23N3O4S/c1-5-8-27-19-21-18(24)16-13(10-15(23)20-17(16)22(19)2)12-7-6-11(25-3)9-14(12)26-4/h6-7,9,13H,5,8,10H2,1-4H3,(H,20,23). The molecule has 1 aliphatic rings. The van der Waals surface area contributed by atoms with Crippen LogP contribution in [0.15, 0.2) is 28.2 Å². The molecule has 1 aliphatic heterocycles. The molecule has 2 heterocycles. The van der Waals surface area contributed by atoms with E-state index in [0.717, 1.165) is 17.7 Å². The Hall–Kier alpha value is -2.48. The zero-order valence-electron chi connectivity index (χ0n) is 15.9. The van der Waals surface area contributed by atoms with E-state index in [4.69, 9.17) is 9.47 Å². The molecule has 0 saturated carbocycles. The summed E-state index contributed by atoms with van der Waals surface area (Å²) in [4.78, 5) is 29.5. The number of fused-ring (bicyclic) bond motifs is 1. The zero-order chi connectivity index (χ0) is 19.6. The predicted molar refractivity (Wildman–Crippen MR) is 105 cm³/mol. The van der Waals surface area contributed by atoms with E-state index in [0.29, 0.717) is 28.0 Å². The first-order valence-electron chi connectivity index (χ1n) is 8.75. The number of thioether (sulfide) groups is 1. The SMILES string of the molecule is CCCSc1nc(=O)c2c(n1C)NC(=O)CC2c1ccc(OC)cc1OC. The first-order chi connectivity index (χ1) is 13.0. The van der Waals surface area contributed by atoms with Gasteiger partial charge in [-0.25, -0.2) is 0 Å². The fraction of sp³-hybridized carbons (Fsp3) is 0.421. The molecule has 2 aromatic rings. The van der Waals surface area contributed by atoms with Gasteiger partial charge in [0.2, 0.25) is 5.91 Å². The number of hydrogen-bond donors (Lipinski definition) is 1. The molecule has 0 bridgehead atoms. The summed E-state index contributed by atoms with van der Waals surface area (Å²) in [6.07, 6.45) is 1.13. The number of carbonyl (C=O) groups is 1. The number of hydrogen-bond acceptors (Lipinski definition) is 6. The Labute approximate surface area is 162 Å². The number of methoxy groups -OCH3 is 2. The smallest absolute Gasteiger partial charge is 0.279 e. The lowest BCUT2D eigenvalue weighted by Crippen LogP contribution is -2.33. The summed E-state index contributed by atoms with van der Waals surface area (Å²) in [5.41, 5.74) is 0.938. The summed E-state index contributed by atoms with van der Waals surface area (Å²) in [5.74, 6) is 2.01. The van der Waals surface area contributed by atoms with Crippen LogP contribution in [0.1, 0.15) is 36.8 Å². The summed E-state index contributed by atoms with van der Waals surface area (Å²) in [7, 11) is 4.95. The van der Waals surface area contributed by atoms with E-state index in [1.807, 2.05) is 13.1 Å². The van der Waals surface area contributed by atoms with Gasteiger partial charge in [-0.05, 0) is 12.5 Å². The quantitative estimate of drug-likeness (QED) is 0.604. The van der Waals surface area contributed by atoms with Crippen LogP contribution < -0.4 is 20.3 Å². The number of carbonyl (C=O) groups excluding carboxylic acids is 1. The lowest BCUT2D eigenvalue weighted by Gasteiger charge is -2.28. The van der Waals surface area contributed by atoms with Gasteiger partial charge in [0.15, 0.2) is 5.16 Å². The Balaban J connectivity index is 2.16. The van der Waals surface area contributed by atoms with Crippen LogP contribution in [0.2, 0.25) is 0 Å². The van der Waals surface area contributed by atoms with Gasteiger partial charge in [-0.3, -0.25) is 9.59 Å². The van der Waals surface area contributed by atoms with Crippen molar-refractivity contribution < 1.29 is 14.3 Å². The summed E-state index contributed by atoms with van der Waals surface area (Å²) >= 11 is 1.50. The number of benzene rings is 1. The van der Waals surface area contributed by atoms with Crippen LogP contribution in [0.25, 0.3) is 0 Å². The molecule has 1 atom stereocenters. The van der Waals surface area contributed by atoms with Crippen LogP contribution >= 0.6 is 11.8 Å². The lowest BCUT2D eigenvalue weighted by molar-refractivity contribution is -0.116. The Kier molecular flexibility index (Phi) is 5.74. The van der Waals surface area contributed by atoms with Crippen molar-refractivity contribution >= 4 is 23.5 Å². The molecular formula is C19H23N3O4S. The normalized spacial score (nSPS) is 15.9. The van der Waals surface area contributed by atoms with Gasteiger partial charge in [0.25, 0.3) is 5.56 Å². The van der Waals surface area contributed by atoms with Crippen molar-refractivity contribution in [2.45, 2.75) is 30.8 Å². The predicted octanol–water partition coefficient (Wildman–Crippen LogP) is 2.77. The van der Waals surface area contributed by atoms with Crippen LogP contribution in [-0.4, -0.2) is 35.4 Å². The largest absolute Gasteiger partial charge is 0.497 e. The number of anilines is 1. The molecule has 27 heavy (non-hydrogen) atoms. The number of ether oxygens (including phenoxy) is 2. The molecule has 0 saturated heterocycles. The Morgan fingerprint density at radius 3 is 2.74 bits per heavy atom. The molecule has 0 radical (unpaired) electrons. The van der Waals surface area contributed by atoms with Gasteiger partial charge in [-0.15, -0.1) is 0 Å². The van der Waals surface area contributed by atoms with Gasteiger partial charge in [0, 0.05) is 36.8 Å². The van der Waals surface area contributed by atoms with E-state index in [1.165, 1.54) is 11.8 Å². The van der Waals surface area contributed by atoms with Gasteiger partial charge in [-0.2, -0.15) is 4.98 Å². The molecule has 8 heteroatoms. The first kappa shape index (κ1) is 19.3. The highest BCUT2D eigenvalue weighted by Crippen LogP contribution is 2.40. The maximum absolute atomic E-state index is 12.9. The number of aromatic nitrogens is 2. The number of nitrogens with zero attached hydrogens (tertiary/aromatic N) is 2. The third-order valence-electron chi connectivity index (χ3n) is 4.55. The van der Waals surface area contributed by atoms with E-state index >= 15 is 0 Å². The second-order valence-corrected chi connectivity index (χ2v) is 7.34. The summed E-state index contributed by atoms with van der Waals surface area (Å²) in [6.45, 7) is 2.07. The van der Waals surface area contributed by atoms with Crippen molar-refractivity contribution in [1.82, 2.24) is 9.55 Å². The monoisotopic (exact) mass is 389 g/mol. The highest BCUT2D eigenvalue weighted by atomic mass is 32.2. The summed E-state index contributed by atoms with van der Waals surface area (Å²) in [6, 6.07) is 5.39. The molecule has 1 unspecified atom stereocenters. The van der Waals surface area contributed by atoms with Crippen molar-refractivity contribution in [3.8, 4) is 11.5 Å². The van der Waals surface area contributed by atoms with Crippen LogP contribution in [0.5, 0.6) is 11.5 Å². The molecule has 3 rings (SSSR count). The minimum Gasteiger partial charge on any atom is -0.497 e. The second-order valence-electron chi connectivity index (χ2n) is 6.28. The average molecular weight is 389 g/mol. The first-order valence-corrected chi connectivity index (χ1v) is 9.74. The number of amides is 1. The van der Waals surface area contributed by atoms with Crippen molar-refractivity contribution in [1.29, 1.82) is 0 Å². The molecule has 1 N–H and O–H groups in total. The molecule has 1 aromatic heterocycles. The van der Waals surface area contributed by atoms with Crippen LogP contribution in [0, 0.1) is 0 Å². The fourth-order valence-electron chi connectivity index (χ4n) is 3.23. The third-order valence-corrected chi connectivity index (χ3v) is 5.79. The molecule has 0 spiro atoms. The molecule has 1 amide bonds. The maximum atomic E-state index is 12.9. The number of nitrogens with one attached hydrogen (secondary N) is 1. The zero-order valence-corrected chi connectivity index (χ0v) is 16.7. The van der Waals surface area contributed by atoms with Crippen molar-refractivity contribution in [2.24, 2.45) is 7.05 Å². The van der Waals surface area contributed by atoms with Crippen LogP contribution in [0.4, 0.5) is 5.82 Å². The average Bonchev–Trinajstić information content (AvgIpc) is 2.68. The van der Waals surface area contributed by atoms with Crippen molar-refractivity contribution in [3.63, 3.8) is 0 Å². The minimum atomic E-state index is -0.425. The fourth-order valence-corrected chi connectivity index (χ4v) is 4.05. The second kappa shape index (κ2) is 8.04. The van der Waals surface area contributed by atoms with E-state index in [-0.39, 0.29) is 17.9 Å². The van der Waals surface area contributed by atoms with Gasteiger partial charge in [-0.1, -0.05) is 24.8 Å². The molecule has 0 aliphatic carbocycles. The van der Waals surface area contributed by atoms with Gasteiger partial charge >= 0.3 is 0 Å². The van der Waals surface area contributed by atoms with E-state index in [9.17, 15) is 9.59 Å². The summed E-state index contributed by atoms with van der Waals surface area (Å²) < 4.78 is 12.5. The van der Waals surface area contributed by atoms with Gasteiger partial charge in [0.1, 0.15) is 17.3 Å². The van der Waals surface area contributed by atoms with Crippen molar-refractivity contribution in [2.75, 3.05) is 25.3 Å². The van der Waals surface area contributed by atoms with E-state index < -0.39 is 5.92 Å². The van der Waals surface area contributed by atoms with Crippen LogP contribution in [-0.2, 0) is 11.8 Å². The molecule has 0 fully saturated rings. The maximum Gasteiger partial charge on any atom is 0.279 e. The Morgan fingerprint density at radius 1 is 1.30 bits per heavy atom. The highest BCUT2D eigenvalue weighted by Gasteiger charge is 2.33. The van der Waals surface area contributed by atoms with E-state index in [2.05, 4.69) is 17.2 Å². The van der Waals surface area contributed by atoms with Crippen molar-refractivity contribution in [3.05, 3.63) is 39.7 Å².